The van der Waals surface area contributed by atoms with Crippen LogP contribution in [-0.2, 0) is 7.05 Å². The lowest BCUT2D eigenvalue weighted by Crippen LogP contribution is -2.38. The van der Waals surface area contributed by atoms with Crippen molar-refractivity contribution in [2.75, 3.05) is 6.54 Å². The lowest BCUT2D eigenvalue weighted by molar-refractivity contribution is 0.000654. The fourth-order valence-corrected chi connectivity index (χ4v) is 2.78. The van der Waals surface area contributed by atoms with Gasteiger partial charge in [-0.05, 0) is 12.8 Å². The summed E-state index contributed by atoms with van der Waals surface area (Å²) in [4.78, 5) is 0. The second-order valence-electron chi connectivity index (χ2n) is 4.98. The third-order valence-electron chi connectivity index (χ3n) is 3.88. The molecule has 1 heterocycles. The first kappa shape index (κ1) is 11.6. The van der Waals surface area contributed by atoms with Gasteiger partial charge in [0.25, 0.3) is 0 Å². The molecule has 2 rings (SSSR count). The van der Waals surface area contributed by atoms with Crippen molar-refractivity contribution in [1.29, 1.82) is 0 Å². The van der Waals surface area contributed by atoms with Gasteiger partial charge in [0.1, 0.15) is 0 Å². The standard InChI is InChI=1S/C12H21N3O/c1-15-8-10(7-14-15)11(16)12(9-13)5-3-2-4-6-12/h7-8,11,16H,2-6,9,13H2,1H3. The number of aryl methyl sites for hydroxylation is 1. The largest absolute Gasteiger partial charge is 0.388 e. The van der Waals surface area contributed by atoms with Crippen LogP contribution in [-0.4, -0.2) is 21.4 Å². The molecule has 90 valence electrons. The third-order valence-corrected chi connectivity index (χ3v) is 3.88. The SMILES string of the molecule is Cn1cc(C(O)C2(CN)CCCCC2)cn1. The molecule has 4 nitrogen and oxygen atoms in total. The van der Waals surface area contributed by atoms with Crippen molar-refractivity contribution in [3.8, 4) is 0 Å². The summed E-state index contributed by atoms with van der Waals surface area (Å²) in [5.41, 5.74) is 6.67. The Balaban J connectivity index is 2.20. The van der Waals surface area contributed by atoms with Gasteiger partial charge in [-0.25, -0.2) is 0 Å². The van der Waals surface area contributed by atoms with Gasteiger partial charge >= 0.3 is 0 Å². The fraction of sp³-hybridized carbons (Fsp3) is 0.750. The summed E-state index contributed by atoms with van der Waals surface area (Å²) in [6.45, 7) is 0.559. The van der Waals surface area contributed by atoms with Crippen molar-refractivity contribution in [1.82, 2.24) is 9.78 Å². The molecule has 1 aromatic heterocycles. The van der Waals surface area contributed by atoms with Crippen LogP contribution in [0.4, 0.5) is 0 Å². The van der Waals surface area contributed by atoms with Crippen LogP contribution in [0.25, 0.3) is 0 Å². The van der Waals surface area contributed by atoms with E-state index in [0.29, 0.717) is 6.54 Å². The van der Waals surface area contributed by atoms with Gasteiger partial charge in [0.2, 0.25) is 0 Å². The van der Waals surface area contributed by atoms with Gasteiger partial charge in [0.05, 0.1) is 12.3 Å². The van der Waals surface area contributed by atoms with Crippen LogP contribution in [0.1, 0.15) is 43.8 Å². The number of aliphatic hydroxyl groups is 1. The Morgan fingerprint density at radius 3 is 2.69 bits per heavy atom. The zero-order valence-corrected chi connectivity index (χ0v) is 9.89. The summed E-state index contributed by atoms with van der Waals surface area (Å²) < 4.78 is 1.73. The highest BCUT2D eigenvalue weighted by Gasteiger charge is 2.39. The van der Waals surface area contributed by atoms with Gasteiger partial charge in [-0.15, -0.1) is 0 Å². The maximum Gasteiger partial charge on any atom is 0.0888 e. The van der Waals surface area contributed by atoms with Crippen LogP contribution < -0.4 is 5.73 Å². The quantitative estimate of drug-likeness (QED) is 0.813. The first-order valence-corrected chi connectivity index (χ1v) is 6.05. The summed E-state index contributed by atoms with van der Waals surface area (Å²) >= 11 is 0. The molecule has 0 aliphatic heterocycles. The molecule has 1 aliphatic carbocycles. The van der Waals surface area contributed by atoms with Crippen LogP contribution in [0.15, 0.2) is 12.4 Å². The van der Waals surface area contributed by atoms with E-state index in [1.54, 1.807) is 10.9 Å². The van der Waals surface area contributed by atoms with E-state index in [2.05, 4.69) is 5.10 Å². The van der Waals surface area contributed by atoms with Crippen molar-refractivity contribution < 1.29 is 5.11 Å². The second kappa shape index (κ2) is 4.55. The summed E-state index contributed by atoms with van der Waals surface area (Å²) in [6, 6.07) is 0. The Hall–Kier alpha value is -0.870. The van der Waals surface area contributed by atoms with Crippen LogP contribution >= 0.6 is 0 Å². The number of hydrogen-bond acceptors (Lipinski definition) is 3. The Kier molecular flexibility index (Phi) is 3.30. The van der Waals surface area contributed by atoms with Crippen LogP contribution in [0, 0.1) is 5.41 Å². The van der Waals surface area contributed by atoms with Gasteiger partial charge in [-0.3, -0.25) is 4.68 Å². The molecular formula is C12H21N3O. The highest BCUT2D eigenvalue weighted by Crippen LogP contribution is 2.45. The normalized spacial score (nSPS) is 21.9. The lowest BCUT2D eigenvalue weighted by atomic mass is 9.69. The summed E-state index contributed by atoms with van der Waals surface area (Å²) in [5, 5.41) is 14.6. The van der Waals surface area contributed by atoms with E-state index < -0.39 is 6.10 Å². The van der Waals surface area contributed by atoms with E-state index in [1.807, 2.05) is 13.2 Å². The molecule has 0 saturated heterocycles. The molecule has 0 radical (unpaired) electrons. The van der Waals surface area contributed by atoms with E-state index in [0.717, 1.165) is 18.4 Å². The topological polar surface area (TPSA) is 64.1 Å². The van der Waals surface area contributed by atoms with Crippen LogP contribution in [0.2, 0.25) is 0 Å². The summed E-state index contributed by atoms with van der Waals surface area (Å²) in [7, 11) is 1.87. The maximum absolute atomic E-state index is 10.5. The van der Waals surface area contributed by atoms with Crippen molar-refractivity contribution in [2.24, 2.45) is 18.2 Å². The van der Waals surface area contributed by atoms with E-state index >= 15 is 0 Å². The molecule has 1 aromatic rings. The number of aliphatic hydroxyl groups excluding tert-OH is 1. The Morgan fingerprint density at radius 1 is 1.50 bits per heavy atom. The number of nitrogens with two attached hydrogens (primary N) is 1. The Bertz CT molecular complexity index is 342. The van der Waals surface area contributed by atoms with Crippen LogP contribution in [0.5, 0.6) is 0 Å². The number of aromatic nitrogens is 2. The van der Waals surface area contributed by atoms with E-state index in [-0.39, 0.29) is 5.41 Å². The van der Waals surface area contributed by atoms with E-state index in [9.17, 15) is 5.11 Å². The molecule has 1 aliphatic rings. The molecule has 3 N–H and O–H groups in total. The molecule has 1 unspecified atom stereocenters. The molecule has 0 spiro atoms. The van der Waals surface area contributed by atoms with E-state index in [4.69, 9.17) is 5.73 Å². The fourth-order valence-electron chi connectivity index (χ4n) is 2.78. The molecule has 4 heteroatoms. The minimum Gasteiger partial charge on any atom is -0.388 e. The minimum absolute atomic E-state index is 0.124. The van der Waals surface area contributed by atoms with Crippen molar-refractivity contribution in [3.05, 3.63) is 18.0 Å². The molecule has 0 bridgehead atoms. The number of rotatable bonds is 3. The highest BCUT2D eigenvalue weighted by atomic mass is 16.3. The number of hydrogen-bond donors (Lipinski definition) is 2. The van der Waals surface area contributed by atoms with Crippen molar-refractivity contribution in [3.63, 3.8) is 0 Å². The Morgan fingerprint density at radius 2 is 2.19 bits per heavy atom. The van der Waals surface area contributed by atoms with E-state index in [1.165, 1.54) is 19.3 Å². The predicted octanol–water partition coefficient (Wildman–Crippen LogP) is 1.36. The molecule has 0 aromatic carbocycles. The average molecular weight is 223 g/mol. The van der Waals surface area contributed by atoms with Crippen molar-refractivity contribution >= 4 is 0 Å². The first-order valence-electron chi connectivity index (χ1n) is 6.05. The molecule has 1 atom stereocenters. The molecular weight excluding hydrogens is 202 g/mol. The maximum atomic E-state index is 10.5. The van der Waals surface area contributed by atoms with Gasteiger partial charge in [0, 0.05) is 30.8 Å². The summed E-state index contributed by atoms with van der Waals surface area (Å²) in [6.07, 6.45) is 8.84. The molecule has 0 amide bonds. The van der Waals surface area contributed by atoms with Crippen molar-refractivity contribution in [2.45, 2.75) is 38.2 Å². The predicted molar refractivity (Wildman–Crippen MR) is 62.7 cm³/mol. The zero-order valence-electron chi connectivity index (χ0n) is 9.89. The Labute approximate surface area is 96.5 Å². The zero-order chi connectivity index (χ0) is 11.6. The second-order valence-corrected chi connectivity index (χ2v) is 4.98. The monoisotopic (exact) mass is 223 g/mol. The molecule has 16 heavy (non-hydrogen) atoms. The highest BCUT2D eigenvalue weighted by molar-refractivity contribution is 5.13. The van der Waals surface area contributed by atoms with Gasteiger partial charge < -0.3 is 10.8 Å². The van der Waals surface area contributed by atoms with Gasteiger partial charge in [-0.1, -0.05) is 19.3 Å². The first-order chi connectivity index (χ1) is 7.68. The smallest absolute Gasteiger partial charge is 0.0888 e. The van der Waals surface area contributed by atoms with Crippen LogP contribution in [0.3, 0.4) is 0 Å². The molecule has 1 fully saturated rings. The van der Waals surface area contributed by atoms with Gasteiger partial charge in [0.15, 0.2) is 0 Å². The minimum atomic E-state index is -0.466. The lowest BCUT2D eigenvalue weighted by Gasteiger charge is -2.39. The average Bonchev–Trinajstić information content (AvgIpc) is 2.76. The summed E-state index contributed by atoms with van der Waals surface area (Å²) in [5.74, 6) is 0. The number of nitrogens with zero attached hydrogens (tertiary/aromatic N) is 2. The van der Waals surface area contributed by atoms with Gasteiger partial charge in [-0.2, -0.15) is 5.10 Å². The molecule has 1 saturated carbocycles. The third kappa shape index (κ3) is 1.99.